The van der Waals surface area contributed by atoms with Crippen LogP contribution in [-0.2, 0) is 41.8 Å². The van der Waals surface area contributed by atoms with Gasteiger partial charge in [-0.1, -0.05) is 422 Å². The zero-order chi connectivity index (χ0) is 85.7. The Hall–Kier alpha value is -7.62. The molecule has 2 atom stereocenters. The van der Waals surface area contributed by atoms with E-state index in [-0.39, 0.29) is 59.5 Å². The molecule has 1 saturated carbocycles. The van der Waals surface area contributed by atoms with E-state index in [0.717, 1.165) is 53.0 Å². The fourth-order valence-corrected chi connectivity index (χ4v) is 24.8. The van der Waals surface area contributed by atoms with E-state index in [1.165, 1.54) is 137 Å². The van der Waals surface area contributed by atoms with Gasteiger partial charge < -0.3 is 15.0 Å². The Labute approximate surface area is 738 Å². The van der Waals surface area contributed by atoms with Gasteiger partial charge in [-0.3, -0.25) is 0 Å². The van der Waals surface area contributed by atoms with Gasteiger partial charge in [-0.2, -0.15) is 0 Å². The van der Waals surface area contributed by atoms with Crippen molar-refractivity contribution in [1.29, 1.82) is 0 Å². The third-order valence-corrected chi connectivity index (χ3v) is 37.3. The van der Waals surface area contributed by atoms with Crippen LogP contribution in [0.2, 0.25) is 118 Å². The summed E-state index contributed by atoms with van der Waals surface area (Å²) in [5, 5.41) is 8.99. The van der Waals surface area contributed by atoms with Crippen LogP contribution in [0.3, 0.4) is 0 Å². The van der Waals surface area contributed by atoms with Crippen molar-refractivity contribution in [1.82, 2.24) is 15.0 Å². The van der Waals surface area contributed by atoms with Gasteiger partial charge in [-0.25, -0.2) is 0 Å². The molecule has 3 nitrogen and oxygen atoms in total. The molecule has 12 aromatic rings. The van der Waals surface area contributed by atoms with Gasteiger partial charge in [-0.15, -0.1) is 71.3 Å². The minimum absolute atomic E-state index is 0. The van der Waals surface area contributed by atoms with E-state index in [1.54, 1.807) is 0 Å². The molecule has 119 heavy (non-hydrogen) atoms. The Bertz CT molecular complexity index is 5430. The normalized spacial score (nSPS) is 15.6. The number of aromatic nitrogens is 3. The molecule has 0 radical (unpaired) electrons. The Morgan fingerprint density at radius 2 is 0.496 bits per heavy atom. The maximum Gasteiger partial charge on any atom is 3.00 e. The number of hydrogen-bond donors (Lipinski definition) is 0. The molecule has 9 aromatic carbocycles. The molecular weight excluding hydrogens is 1710 g/mol. The predicted octanol–water partition coefficient (Wildman–Crippen LogP) is 27.6. The van der Waals surface area contributed by atoms with Gasteiger partial charge in [0.25, 0.3) is 0 Å². The predicted molar refractivity (Wildman–Crippen MR) is 533 cm³/mol. The summed E-state index contributed by atoms with van der Waals surface area (Å²) in [7, 11) is -11.1. The fraction of sp³-hybridized carbons (Fsp3) is 0.367. The molecule has 0 amide bonds. The van der Waals surface area contributed by atoms with Gasteiger partial charge >= 0.3 is 20.1 Å². The molecule has 1 aliphatic carbocycles. The molecule has 1 aliphatic rings. The average Bonchev–Trinajstić information content (AvgIpc) is 0.749. The van der Waals surface area contributed by atoms with E-state index in [2.05, 4.69) is 413 Å². The summed E-state index contributed by atoms with van der Waals surface area (Å²) < 4.78 is 0. The van der Waals surface area contributed by atoms with Crippen LogP contribution in [0.5, 0.6) is 0 Å². The van der Waals surface area contributed by atoms with Crippen LogP contribution in [0, 0.1) is 18.2 Å². The second-order valence-corrected chi connectivity index (χ2v) is 75.4. The first-order valence-electron chi connectivity index (χ1n) is 43.7. The van der Waals surface area contributed by atoms with Crippen molar-refractivity contribution in [2.24, 2.45) is 0 Å². The van der Waals surface area contributed by atoms with Crippen molar-refractivity contribution in [3.8, 4) is 101 Å². The molecular formula is C109H134IrN3Si6. The van der Waals surface area contributed by atoms with Gasteiger partial charge in [0.05, 0.1) is 48.4 Å². The van der Waals surface area contributed by atoms with E-state index < -0.39 is 48.4 Å². The van der Waals surface area contributed by atoms with Gasteiger partial charge in [0.1, 0.15) is 0 Å². The van der Waals surface area contributed by atoms with Crippen LogP contribution in [0.4, 0.5) is 0 Å². The first kappa shape index (κ1) is 90.6. The van der Waals surface area contributed by atoms with Crippen LogP contribution >= 0.6 is 0 Å². The molecule has 13 rings (SSSR count). The molecule has 0 spiro atoms. The van der Waals surface area contributed by atoms with Crippen LogP contribution in [0.25, 0.3) is 101 Å². The fourth-order valence-electron chi connectivity index (χ4n) is 17.3. The van der Waals surface area contributed by atoms with E-state index in [9.17, 15) is 0 Å². The quantitative estimate of drug-likeness (QED) is 0.0635. The zero-order valence-electron chi connectivity index (χ0n) is 77.7. The topological polar surface area (TPSA) is 38.7 Å². The summed E-state index contributed by atoms with van der Waals surface area (Å²) in [6.45, 7) is 73.2. The summed E-state index contributed by atoms with van der Waals surface area (Å²) in [5.74, 6) is 0.356. The van der Waals surface area contributed by atoms with Crippen molar-refractivity contribution in [2.75, 3.05) is 0 Å². The maximum absolute atomic E-state index is 5.18. The smallest absolute Gasteiger partial charge is 0.305 e. The SMILES string of the molecule is CC(C)(C)c1ccnc(-c2[c-]cc(-c3ccccc3C3CC(c4ccccc4-c4c[c-]c(-c5cc(C(C)(C)C)ccn5)cc4-c4cc([Si](C)(C)C)cc([Si](C)(C)C)c4)CC(c4ccc(C(C)(C)C)cc4-c4c[c-]c(-c5cc(C(C)(C)C)ccn5)cc4-c4cc([Si](C)(C)C)cc([Si](C)(C)C)c4)C3)c(-c3cc([Si](C)(C)C)cc([Si](C)(C)C)c3)c2)c1.[Ir+3]. The summed E-state index contributed by atoms with van der Waals surface area (Å²) in [6, 6.07) is 90.0. The number of nitrogens with zero attached hydrogens (tertiary/aromatic N) is 3. The molecule has 2 unspecified atom stereocenters. The van der Waals surface area contributed by atoms with Crippen LogP contribution in [0.15, 0.2) is 213 Å². The minimum atomic E-state index is -1.86. The van der Waals surface area contributed by atoms with Crippen molar-refractivity contribution >= 4 is 79.6 Å². The molecule has 618 valence electrons. The van der Waals surface area contributed by atoms with Gasteiger partial charge in [0.2, 0.25) is 0 Å². The standard InChI is InChI=1S/C109H134N3Si6.Ir/c1-106(2,3)81-42-46-93(102(65-81)98-45-41-74(105-68-84(49-52-112-105)109(10,11)12)64-101(98)80-60-89(117(25,26)27)71-90(61-80)118(28,29)30)77-54-75(91-35-31-33-37-94(91)96-43-39-72(103-66-82(47-50-110-103)107(4,5)6)62-99(96)78-56-85(113(13,14)15)69-86(57-78)114(16,17)18)53-76(55-77)92-36-32-34-38-95(92)97-44-40-73(104-67-83(48-51-111-104)108(7,8)9)63-100(97)79-58-87(115(19,20)21)70-88(59-79)116(22,23)24;/h31-38,42-52,56-71,75-77H,53-55H2,1-30H3;/q-3;+3. The van der Waals surface area contributed by atoms with Gasteiger partial charge in [-0.05, 0) is 150 Å². The van der Waals surface area contributed by atoms with E-state index >= 15 is 0 Å². The van der Waals surface area contributed by atoms with E-state index in [4.69, 9.17) is 15.0 Å². The third-order valence-electron chi connectivity index (χ3n) is 25.2. The summed E-state index contributed by atoms with van der Waals surface area (Å²) >= 11 is 0. The molecule has 3 aromatic heterocycles. The van der Waals surface area contributed by atoms with Crippen LogP contribution in [-0.4, -0.2) is 63.4 Å². The largest absolute Gasteiger partial charge is 3.00 e. The maximum atomic E-state index is 5.18. The first-order chi connectivity index (χ1) is 54.7. The van der Waals surface area contributed by atoms with E-state index in [1.807, 2.05) is 18.6 Å². The molecule has 0 aliphatic heterocycles. The Balaban J connectivity index is 0.0000130. The van der Waals surface area contributed by atoms with E-state index in [0.29, 0.717) is 0 Å². The van der Waals surface area contributed by atoms with Crippen molar-refractivity contribution < 1.29 is 20.1 Å². The second kappa shape index (κ2) is 33.6. The van der Waals surface area contributed by atoms with Crippen molar-refractivity contribution in [2.45, 2.75) is 260 Å². The Kier molecular flexibility index (Phi) is 25.6. The molecule has 0 saturated heterocycles. The summed E-state index contributed by atoms with van der Waals surface area (Å²) in [5.41, 5.74) is 30.0. The Morgan fingerprint density at radius 1 is 0.252 bits per heavy atom. The average molecular weight is 1850 g/mol. The molecule has 10 heteroatoms. The second-order valence-electron chi connectivity index (χ2n) is 45.0. The van der Waals surface area contributed by atoms with Crippen molar-refractivity contribution in [3.05, 3.63) is 270 Å². The number of hydrogen-bond acceptors (Lipinski definition) is 3. The number of pyridine rings is 3. The number of rotatable bonds is 18. The molecule has 0 N–H and O–H groups in total. The first-order valence-corrected chi connectivity index (χ1v) is 64.7. The Morgan fingerprint density at radius 3 is 0.756 bits per heavy atom. The summed E-state index contributed by atoms with van der Waals surface area (Å²) in [6.07, 6.45) is 8.86. The third kappa shape index (κ3) is 20.4. The monoisotopic (exact) mass is 1850 g/mol. The van der Waals surface area contributed by atoms with Crippen molar-refractivity contribution in [3.63, 3.8) is 0 Å². The van der Waals surface area contributed by atoms with Gasteiger partial charge in [0.15, 0.2) is 0 Å². The number of benzene rings is 9. The molecule has 0 bridgehead atoms. The van der Waals surface area contributed by atoms with Crippen LogP contribution < -0.4 is 31.1 Å². The summed E-state index contributed by atoms with van der Waals surface area (Å²) in [4.78, 5) is 15.5. The molecule has 3 heterocycles. The van der Waals surface area contributed by atoms with Crippen LogP contribution in [0.1, 0.15) is 159 Å². The minimum Gasteiger partial charge on any atom is -0.305 e. The van der Waals surface area contributed by atoms with Gasteiger partial charge in [0, 0.05) is 18.6 Å². The zero-order valence-corrected chi connectivity index (χ0v) is 86.1. The molecule has 1 fully saturated rings.